The van der Waals surface area contributed by atoms with E-state index < -0.39 is 0 Å². The highest BCUT2D eigenvalue weighted by Crippen LogP contribution is 2.36. The number of aromatic nitrogens is 2. The van der Waals surface area contributed by atoms with E-state index in [1.807, 2.05) is 30.7 Å². The molecule has 1 aromatic heterocycles. The maximum Gasteiger partial charge on any atom is 0.0953 e. The summed E-state index contributed by atoms with van der Waals surface area (Å²) in [6.45, 7) is 0. The van der Waals surface area contributed by atoms with Crippen molar-refractivity contribution >= 4 is 11.6 Å². The minimum Gasteiger partial charge on any atom is -0.327 e. The summed E-state index contributed by atoms with van der Waals surface area (Å²) in [6.07, 6.45) is 7.44. The van der Waals surface area contributed by atoms with E-state index in [4.69, 9.17) is 11.6 Å². The van der Waals surface area contributed by atoms with Crippen molar-refractivity contribution < 1.29 is 0 Å². The molecule has 1 aliphatic heterocycles. The lowest BCUT2D eigenvalue weighted by Crippen LogP contribution is -2.18. The number of hydrogen-bond donors (Lipinski definition) is 0. The van der Waals surface area contributed by atoms with Crippen LogP contribution in [0, 0.1) is 0 Å². The number of halogens is 1. The Morgan fingerprint density at radius 2 is 2.00 bits per heavy atom. The second-order valence-electron chi connectivity index (χ2n) is 5.80. The van der Waals surface area contributed by atoms with Gasteiger partial charge in [-0.3, -0.25) is 0 Å². The summed E-state index contributed by atoms with van der Waals surface area (Å²) in [5.74, 6) is 0. The van der Waals surface area contributed by atoms with Gasteiger partial charge in [0.05, 0.1) is 12.4 Å². The molecule has 3 aromatic rings. The molecule has 2 aromatic carbocycles. The molecule has 4 rings (SSSR count). The van der Waals surface area contributed by atoms with Crippen molar-refractivity contribution in [1.82, 2.24) is 9.55 Å². The van der Waals surface area contributed by atoms with E-state index in [1.54, 1.807) is 0 Å². The van der Waals surface area contributed by atoms with Crippen LogP contribution in [0.25, 0.3) is 11.1 Å². The first-order valence-corrected chi connectivity index (χ1v) is 8.06. The molecule has 2 nitrogen and oxygen atoms in total. The van der Waals surface area contributed by atoms with Gasteiger partial charge in [-0.15, -0.1) is 0 Å². The van der Waals surface area contributed by atoms with E-state index in [0.29, 0.717) is 6.04 Å². The van der Waals surface area contributed by atoms with Crippen LogP contribution >= 0.6 is 11.6 Å². The third-order valence-corrected chi connectivity index (χ3v) is 4.68. The molecule has 0 saturated carbocycles. The second-order valence-corrected chi connectivity index (χ2v) is 6.23. The zero-order valence-electron chi connectivity index (χ0n) is 12.2. The van der Waals surface area contributed by atoms with E-state index in [1.165, 1.54) is 28.8 Å². The minimum absolute atomic E-state index is 0.362. The quantitative estimate of drug-likeness (QED) is 0.642. The van der Waals surface area contributed by atoms with Crippen molar-refractivity contribution in [2.24, 2.45) is 0 Å². The molecule has 0 N–H and O–H groups in total. The van der Waals surface area contributed by atoms with Gasteiger partial charge in [-0.2, -0.15) is 0 Å². The normalized spacial score (nSPS) is 17.2. The number of nitrogens with zero attached hydrogens (tertiary/aromatic N) is 2. The van der Waals surface area contributed by atoms with Crippen LogP contribution in [0.5, 0.6) is 0 Å². The number of fused-ring (bicyclic) bond motifs is 1. The Morgan fingerprint density at radius 1 is 1.09 bits per heavy atom. The first-order chi connectivity index (χ1) is 10.8. The Morgan fingerprint density at radius 3 is 2.91 bits per heavy atom. The monoisotopic (exact) mass is 308 g/mol. The summed E-state index contributed by atoms with van der Waals surface area (Å²) in [4.78, 5) is 4.34. The highest BCUT2D eigenvalue weighted by molar-refractivity contribution is 6.30. The van der Waals surface area contributed by atoms with Crippen molar-refractivity contribution in [3.63, 3.8) is 0 Å². The highest BCUT2D eigenvalue weighted by atomic mass is 35.5. The minimum atomic E-state index is 0.362. The molecule has 0 radical (unpaired) electrons. The molecule has 0 spiro atoms. The van der Waals surface area contributed by atoms with Gasteiger partial charge in [0.1, 0.15) is 0 Å². The molecule has 0 aliphatic carbocycles. The van der Waals surface area contributed by atoms with Gasteiger partial charge in [-0.05, 0) is 48.1 Å². The zero-order chi connectivity index (χ0) is 14.9. The summed E-state index contributed by atoms with van der Waals surface area (Å²) in [5.41, 5.74) is 5.12. The molecule has 0 saturated heterocycles. The summed E-state index contributed by atoms with van der Waals surface area (Å²) >= 11 is 6.18. The number of benzene rings is 2. The van der Waals surface area contributed by atoms with Crippen molar-refractivity contribution in [2.45, 2.75) is 25.3 Å². The standard InChI is InChI=1S/C19H17ClN2/c20-15-6-3-5-14(11-15)17-8-1-2-9-18(17)19-10-4-7-16-12-21-13-22(16)19/h1-3,5-6,8-9,11-13,19H,4,7,10H2. The largest absolute Gasteiger partial charge is 0.327 e. The predicted octanol–water partition coefficient (Wildman–Crippen LogP) is 5.13. The van der Waals surface area contributed by atoms with Gasteiger partial charge >= 0.3 is 0 Å². The molecule has 1 unspecified atom stereocenters. The molecule has 0 bridgehead atoms. The smallest absolute Gasteiger partial charge is 0.0953 e. The summed E-state index contributed by atoms with van der Waals surface area (Å²) in [6, 6.07) is 17.1. The van der Waals surface area contributed by atoms with Gasteiger partial charge in [0.15, 0.2) is 0 Å². The Kier molecular flexibility index (Phi) is 3.47. The lowest BCUT2D eigenvalue weighted by molar-refractivity contribution is 0.458. The third-order valence-electron chi connectivity index (χ3n) is 4.45. The van der Waals surface area contributed by atoms with Crippen LogP contribution in [-0.4, -0.2) is 9.55 Å². The Hall–Kier alpha value is -2.06. The first kappa shape index (κ1) is 13.6. The van der Waals surface area contributed by atoms with Crippen LogP contribution in [-0.2, 0) is 6.42 Å². The van der Waals surface area contributed by atoms with Crippen molar-refractivity contribution in [3.8, 4) is 11.1 Å². The molecule has 110 valence electrons. The van der Waals surface area contributed by atoms with Crippen molar-refractivity contribution in [3.05, 3.63) is 77.3 Å². The lowest BCUT2D eigenvalue weighted by Gasteiger charge is -2.27. The predicted molar refractivity (Wildman–Crippen MR) is 90.2 cm³/mol. The van der Waals surface area contributed by atoms with Crippen LogP contribution in [0.3, 0.4) is 0 Å². The summed E-state index contributed by atoms with van der Waals surface area (Å²) < 4.78 is 2.33. The Labute approximate surface area is 135 Å². The van der Waals surface area contributed by atoms with Crippen LogP contribution in [0.4, 0.5) is 0 Å². The van der Waals surface area contributed by atoms with E-state index >= 15 is 0 Å². The lowest BCUT2D eigenvalue weighted by atomic mass is 9.90. The zero-order valence-corrected chi connectivity index (χ0v) is 13.0. The van der Waals surface area contributed by atoms with E-state index in [-0.39, 0.29) is 0 Å². The molecular formula is C19H17ClN2. The number of rotatable bonds is 2. The van der Waals surface area contributed by atoms with Gasteiger partial charge in [0.2, 0.25) is 0 Å². The highest BCUT2D eigenvalue weighted by Gasteiger charge is 2.23. The van der Waals surface area contributed by atoms with Crippen molar-refractivity contribution in [1.29, 1.82) is 0 Å². The fraction of sp³-hybridized carbons (Fsp3) is 0.211. The SMILES string of the molecule is Clc1cccc(-c2ccccc2C2CCCc3cncn32)c1. The van der Waals surface area contributed by atoms with E-state index in [0.717, 1.165) is 17.9 Å². The number of hydrogen-bond acceptors (Lipinski definition) is 1. The average Bonchev–Trinajstić information content (AvgIpc) is 3.03. The van der Waals surface area contributed by atoms with Crippen LogP contribution in [0.1, 0.15) is 30.1 Å². The molecule has 0 amide bonds. The van der Waals surface area contributed by atoms with Gasteiger partial charge in [0, 0.05) is 16.9 Å². The second kappa shape index (κ2) is 5.62. The Bertz CT molecular complexity index is 806. The maximum atomic E-state index is 6.18. The van der Waals surface area contributed by atoms with E-state index in [2.05, 4.69) is 39.9 Å². The van der Waals surface area contributed by atoms with Crippen LogP contribution < -0.4 is 0 Å². The van der Waals surface area contributed by atoms with Gasteiger partial charge in [-0.1, -0.05) is 48.0 Å². The van der Waals surface area contributed by atoms with Gasteiger partial charge < -0.3 is 4.57 Å². The molecule has 3 heteroatoms. The number of imidazole rings is 1. The van der Waals surface area contributed by atoms with Gasteiger partial charge in [0.25, 0.3) is 0 Å². The third kappa shape index (κ3) is 2.34. The molecule has 0 fully saturated rings. The first-order valence-electron chi connectivity index (χ1n) is 7.68. The molecule has 22 heavy (non-hydrogen) atoms. The fourth-order valence-corrected chi connectivity index (χ4v) is 3.62. The molecule has 1 atom stereocenters. The summed E-state index contributed by atoms with van der Waals surface area (Å²) in [7, 11) is 0. The molecule has 1 aliphatic rings. The van der Waals surface area contributed by atoms with Gasteiger partial charge in [-0.25, -0.2) is 4.98 Å². The molecular weight excluding hydrogens is 292 g/mol. The van der Waals surface area contributed by atoms with Crippen LogP contribution in [0.15, 0.2) is 61.1 Å². The maximum absolute atomic E-state index is 6.18. The summed E-state index contributed by atoms with van der Waals surface area (Å²) in [5, 5.41) is 0.777. The van der Waals surface area contributed by atoms with E-state index in [9.17, 15) is 0 Å². The van der Waals surface area contributed by atoms with Crippen LogP contribution in [0.2, 0.25) is 5.02 Å². The topological polar surface area (TPSA) is 17.8 Å². The van der Waals surface area contributed by atoms with Crippen molar-refractivity contribution in [2.75, 3.05) is 0 Å². The molecule has 2 heterocycles. The average molecular weight is 309 g/mol. The fourth-order valence-electron chi connectivity index (χ4n) is 3.43. The number of aryl methyl sites for hydroxylation is 1. The Balaban J connectivity index is 1.85.